The van der Waals surface area contributed by atoms with Crippen molar-refractivity contribution in [2.45, 2.75) is 6.92 Å². The SMILES string of the molecule is C#CC=c1[nH]ccc1=CC. The maximum absolute atomic E-state index is 5.10. The van der Waals surface area contributed by atoms with Crippen molar-refractivity contribution < 1.29 is 0 Å². The largest absolute Gasteiger partial charge is 0.361 e. The molecule has 1 heterocycles. The van der Waals surface area contributed by atoms with Gasteiger partial charge in [0.15, 0.2) is 0 Å². The van der Waals surface area contributed by atoms with Crippen LogP contribution in [0.3, 0.4) is 0 Å². The fourth-order valence-corrected chi connectivity index (χ4v) is 0.854. The second-order valence-electron chi connectivity index (χ2n) is 1.95. The van der Waals surface area contributed by atoms with Crippen molar-refractivity contribution in [2.24, 2.45) is 0 Å². The number of rotatable bonds is 0. The van der Waals surface area contributed by atoms with Crippen molar-refractivity contribution in [1.82, 2.24) is 4.98 Å². The molecule has 0 aliphatic rings. The molecule has 0 aliphatic carbocycles. The summed E-state index contributed by atoms with van der Waals surface area (Å²) in [6.45, 7) is 1.98. The number of aromatic amines is 1. The molecule has 0 saturated carbocycles. The highest BCUT2D eigenvalue weighted by Gasteiger charge is 1.79. The third kappa shape index (κ3) is 1.11. The second kappa shape index (κ2) is 2.93. The van der Waals surface area contributed by atoms with Crippen molar-refractivity contribution in [3.05, 3.63) is 22.8 Å². The lowest BCUT2D eigenvalue weighted by atomic mass is 10.4. The zero-order chi connectivity index (χ0) is 7.40. The van der Waals surface area contributed by atoms with Gasteiger partial charge in [0.05, 0.1) is 5.35 Å². The van der Waals surface area contributed by atoms with Gasteiger partial charge in [-0.25, -0.2) is 0 Å². The van der Waals surface area contributed by atoms with Crippen molar-refractivity contribution in [2.75, 3.05) is 0 Å². The Labute approximate surface area is 60.1 Å². The third-order valence-corrected chi connectivity index (χ3v) is 1.35. The zero-order valence-electron chi connectivity index (χ0n) is 5.89. The summed E-state index contributed by atoms with van der Waals surface area (Å²) < 4.78 is 0. The van der Waals surface area contributed by atoms with Gasteiger partial charge in [-0.15, -0.1) is 6.42 Å². The molecule has 0 aliphatic heterocycles. The van der Waals surface area contributed by atoms with E-state index < -0.39 is 0 Å². The van der Waals surface area contributed by atoms with E-state index in [4.69, 9.17) is 6.42 Å². The van der Waals surface area contributed by atoms with E-state index >= 15 is 0 Å². The zero-order valence-corrected chi connectivity index (χ0v) is 5.89. The Morgan fingerprint density at radius 1 is 1.70 bits per heavy atom. The van der Waals surface area contributed by atoms with E-state index in [-0.39, 0.29) is 0 Å². The van der Waals surface area contributed by atoms with Crippen LogP contribution in [0, 0.1) is 12.3 Å². The normalized spacial score (nSPS) is 13.6. The smallest absolute Gasteiger partial charge is 0.0535 e. The van der Waals surface area contributed by atoms with E-state index in [1.165, 1.54) is 0 Å². The van der Waals surface area contributed by atoms with Crippen LogP contribution in [0.2, 0.25) is 0 Å². The third-order valence-electron chi connectivity index (χ3n) is 1.35. The predicted molar refractivity (Wildman–Crippen MR) is 43.5 cm³/mol. The minimum atomic E-state index is 1.00. The highest BCUT2D eigenvalue weighted by molar-refractivity contribution is 5.42. The molecule has 0 bridgehead atoms. The summed E-state index contributed by atoms with van der Waals surface area (Å²) in [6.07, 6.45) is 10.7. The summed E-state index contributed by atoms with van der Waals surface area (Å²) in [6, 6.07) is 1.99. The van der Waals surface area contributed by atoms with Gasteiger partial charge in [0.1, 0.15) is 0 Å². The van der Waals surface area contributed by atoms with E-state index in [0.29, 0.717) is 0 Å². The average molecular weight is 131 g/mol. The Hall–Kier alpha value is -1.42. The molecule has 1 aromatic rings. The first-order valence-corrected chi connectivity index (χ1v) is 3.14. The minimum Gasteiger partial charge on any atom is -0.361 e. The topological polar surface area (TPSA) is 15.8 Å². The lowest BCUT2D eigenvalue weighted by Gasteiger charge is -1.72. The fourth-order valence-electron chi connectivity index (χ4n) is 0.854. The summed E-state index contributed by atoms with van der Waals surface area (Å²) in [5.74, 6) is 2.47. The van der Waals surface area contributed by atoms with E-state index in [1.807, 2.05) is 25.3 Å². The van der Waals surface area contributed by atoms with Crippen molar-refractivity contribution >= 4 is 12.2 Å². The van der Waals surface area contributed by atoms with E-state index in [2.05, 4.69) is 10.9 Å². The quantitative estimate of drug-likeness (QED) is 0.485. The van der Waals surface area contributed by atoms with E-state index in [0.717, 1.165) is 10.6 Å². The molecule has 50 valence electrons. The van der Waals surface area contributed by atoms with Crippen LogP contribution in [0.1, 0.15) is 6.92 Å². The van der Waals surface area contributed by atoms with Crippen LogP contribution in [0.25, 0.3) is 12.2 Å². The molecule has 0 amide bonds. The molecule has 0 fully saturated rings. The molecule has 0 saturated heterocycles. The number of aromatic nitrogens is 1. The second-order valence-corrected chi connectivity index (χ2v) is 1.95. The predicted octanol–water partition coefficient (Wildman–Crippen LogP) is 0.229. The van der Waals surface area contributed by atoms with Gasteiger partial charge in [-0.3, -0.25) is 0 Å². The first kappa shape index (κ1) is 6.70. The Morgan fingerprint density at radius 3 is 3.10 bits per heavy atom. The van der Waals surface area contributed by atoms with Gasteiger partial charge in [0.25, 0.3) is 0 Å². The minimum absolute atomic E-state index is 1.00. The summed E-state index contributed by atoms with van der Waals surface area (Å²) in [5, 5.41) is 2.16. The molecule has 0 radical (unpaired) electrons. The molecule has 1 rings (SSSR count). The Bertz CT molecular complexity index is 349. The van der Waals surface area contributed by atoms with Crippen LogP contribution >= 0.6 is 0 Å². The molecule has 0 unspecified atom stereocenters. The van der Waals surface area contributed by atoms with Crippen LogP contribution in [-0.4, -0.2) is 4.98 Å². The first-order chi connectivity index (χ1) is 4.88. The highest BCUT2D eigenvalue weighted by Crippen LogP contribution is 1.63. The number of hydrogen-bond acceptors (Lipinski definition) is 0. The van der Waals surface area contributed by atoms with Gasteiger partial charge in [-0.1, -0.05) is 12.0 Å². The van der Waals surface area contributed by atoms with E-state index in [9.17, 15) is 0 Å². The molecule has 1 nitrogen and oxygen atoms in total. The molecule has 0 aromatic carbocycles. The van der Waals surface area contributed by atoms with Gasteiger partial charge in [0, 0.05) is 12.3 Å². The molecule has 0 spiro atoms. The summed E-state index contributed by atoms with van der Waals surface area (Å²) >= 11 is 0. The van der Waals surface area contributed by atoms with E-state index in [1.54, 1.807) is 6.08 Å². The maximum atomic E-state index is 5.10. The summed E-state index contributed by atoms with van der Waals surface area (Å²) in [4.78, 5) is 3.03. The standard InChI is InChI=1S/C9H9N/c1-3-5-9-8(4-2)6-7-10-9/h1,4-7,10H,2H3. The van der Waals surface area contributed by atoms with Gasteiger partial charge in [-0.2, -0.15) is 0 Å². The van der Waals surface area contributed by atoms with Crippen LogP contribution in [0.15, 0.2) is 12.3 Å². The van der Waals surface area contributed by atoms with Crippen LogP contribution in [-0.2, 0) is 0 Å². The Morgan fingerprint density at radius 2 is 2.50 bits per heavy atom. The Kier molecular flexibility index (Phi) is 1.96. The highest BCUT2D eigenvalue weighted by atomic mass is 14.6. The van der Waals surface area contributed by atoms with Crippen molar-refractivity contribution in [1.29, 1.82) is 0 Å². The number of hydrogen-bond donors (Lipinski definition) is 1. The molecular formula is C9H9N. The lowest BCUT2D eigenvalue weighted by molar-refractivity contribution is 1.32. The average Bonchev–Trinajstić information content (AvgIpc) is 2.36. The van der Waals surface area contributed by atoms with Gasteiger partial charge >= 0.3 is 0 Å². The molecule has 0 atom stereocenters. The van der Waals surface area contributed by atoms with Gasteiger partial charge < -0.3 is 4.98 Å². The molecule has 10 heavy (non-hydrogen) atoms. The lowest BCUT2D eigenvalue weighted by Crippen LogP contribution is -2.20. The van der Waals surface area contributed by atoms with Gasteiger partial charge in [0.2, 0.25) is 0 Å². The Balaban J connectivity index is 3.46. The molecule has 1 heteroatoms. The molecular weight excluding hydrogens is 122 g/mol. The fraction of sp³-hybridized carbons (Fsp3) is 0.111. The van der Waals surface area contributed by atoms with Crippen molar-refractivity contribution in [3.8, 4) is 12.3 Å². The number of nitrogens with one attached hydrogen (secondary N) is 1. The van der Waals surface area contributed by atoms with Crippen molar-refractivity contribution in [3.63, 3.8) is 0 Å². The van der Waals surface area contributed by atoms with Gasteiger partial charge in [-0.05, 0) is 18.2 Å². The summed E-state index contributed by atoms with van der Waals surface area (Å²) in [7, 11) is 0. The number of H-pyrrole nitrogens is 1. The van der Waals surface area contributed by atoms with Crippen LogP contribution in [0.4, 0.5) is 0 Å². The molecule has 1 N–H and O–H groups in total. The van der Waals surface area contributed by atoms with Crippen LogP contribution in [0.5, 0.6) is 0 Å². The summed E-state index contributed by atoms with van der Waals surface area (Å²) in [5.41, 5.74) is 0. The van der Waals surface area contributed by atoms with Crippen LogP contribution < -0.4 is 10.6 Å². The number of terminal acetylenes is 1. The molecule has 1 aromatic heterocycles. The maximum Gasteiger partial charge on any atom is 0.0535 e. The monoisotopic (exact) mass is 131 g/mol. The first-order valence-electron chi connectivity index (χ1n) is 3.14.